The number of rotatable bonds is 9. The lowest BCUT2D eigenvalue weighted by atomic mass is 10.1. The van der Waals surface area contributed by atoms with Crippen molar-refractivity contribution >= 4 is 23.9 Å². The van der Waals surface area contributed by atoms with Gasteiger partial charge >= 0.3 is 5.97 Å². The number of carbonyl (C=O) groups is 3. The van der Waals surface area contributed by atoms with Crippen LogP contribution in [0.1, 0.15) is 46.5 Å². The normalized spacial score (nSPS) is 12.9. The highest BCUT2D eigenvalue weighted by molar-refractivity contribution is 6.21. The summed E-state index contributed by atoms with van der Waals surface area (Å²) in [6.07, 6.45) is 3.68. The van der Waals surface area contributed by atoms with Crippen LogP contribution in [0, 0.1) is 0 Å². The summed E-state index contributed by atoms with van der Waals surface area (Å²) in [7, 11) is 0. The van der Waals surface area contributed by atoms with Gasteiger partial charge in [0, 0.05) is 6.08 Å². The third-order valence-corrected chi connectivity index (χ3v) is 4.36. The molecule has 2 aromatic rings. The van der Waals surface area contributed by atoms with Gasteiger partial charge in [-0.05, 0) is 49.2 Å². The molecule has 7 nitrogen and oxygen atoms in total. The van der Waals surface area contributed by atoms with E-state index in [9.17, 15) is 14.4 Å². The van der Waals surface area contributed by atoms with Crippen LogP contribution in [0.3, 0.4) is 0 Å². The van der Waals surface area contributed by atoms with Crippen molar-refractivity contribution < 1.29 is 28.6 Å². The van der Waals surface area contributed by atoms with E-state index in [1.165, 1.54) is 6.08 Å². The topological polar surface area (TPSA) is 82.1 Å². The maximum Gasteiger partial charge on any atom is 0.332 e. The summed E-state index contributed by atoms with van der Waals surface area (Å²) >= 11 is 0. The zero-order valence-corrected chi connectivity index (χ0v) is 16.9. The van der Waals surface area contributed by atoms with E-state index in [-0.39, 0.29) is 0 Å². The molecular formula is C23H23NO6. The van der Waals surface area contributed by atoms with Crippen molar-refractivity contribution in [3.05, 3.63) is 65.2 Å². The van der Waals surface area contributed by atoms with Crippen LogP contribution in [0.2, 0.25) is 0 Å². The molecule has 0 aromatic heterocycles. The van der Waals surface area contributed by atoms with Gasteiger partial charge in [-0.2, -0.15) is 0 Å². The smallest absolute Gasteiger partial charge is 0.332 e. The molecule has 0 spiro atoms. The van der Waals surface area contributed by atoms with E-state index in [2.05, 4.69) is 0 Å². The Kier molecular flexibility index (Phi) is 6.85. The minimum Gasteiger partial charge on any atom is -0.490 e. The van der Waals surface area contributed by atoms with Gasteiger partial charge in [0.2, 0.25) is 0 Å². The largest absolute Gasteiger partial charge is 0.490 e. The zero-order valence-electron chi connectivity index (χ0n) is 16.9. The first kappa shape index (κ1) is 21.1. The van der Waals surface area contributed by atoms with E-state index < -0.39 is 24.5 Å². The van der Waals surface area contributed by atoms with Gasteiger partial charge in [0.05, 0.1) is 24.3 Å². The third-order valence-electron chi connectivity index (χ3n) is 4.36. The van der Waals surface area contributed by atoms with E-state index in [4.69, 9.17) is 14.2 Å². The number of imide groups is 1. The quantitative estimate of drug-likeness (QED) is 0.357. The Hall–Kier alpha value is -3.61. The minimum absolute atomic E-state index is 0.308. The third kappa shape index (κ3) is 4.68. The van der Waals surface area contributed by atoms with Crippen LogP contribution >= 0.6 is 0 Å². The molecule has 0 unspecified atom stereocenters. The molecule has 30 heavy (non-hydrogen) atoms. The summed E-state index contributed by atoms with van der Waals surface area (Å²) in [6.45, 7) is 4.52. The monoisotopic (exact) mass is 409 g/mol. The van der Waals surface area contributed by atoms with Gasteiger partial charge in [-0.3, -0.25) is 9.59 Å². The maximum absolute atomic E-state index is 12.3. The van der Waals surface area contributed by atoms with Gasteiger partial charge in [0.25, 0.3) is 11.8 Å². The average molecular weight is 409 g/mol. The highest BCUT2D eigenvalue weighted by Gasteiger charge is 2.35. The second-order valence-corrected chi connectivity index (χ2v) is 6.50. The number of amides is 2. The summed E-state index contributed by atoms with van der Waals surface area (Å²) in [5.41, 5.74) is 1.34. The number of esters is 1. The van der Waals surface area contributed by atoms with Gasteiger partial charge in [0.15, 0.2) is 18.2 Å². The molecule has 1 aliphatic heterocycles. The summed E-state index contributed by atoms with van der Waals surface area (Å²) < 4.78 is 16.3. The van der Waals surface area contributed by atoms with Crippen LogP contribution in [0.25, 0.3) is 6.08 Å². The number of ether oxygens (including phenoxy) is 3. The van der Waals surface area contributed by atoms with E-state index >= 15 is 0 Å². The predicted molar refractivity (Wildman–Crippen MR) is 110 cm³/mol. The first-order valence-corrected chi connectivity index (χ1v) is 9.74. The number of hydrogen-bond donors (Lipinski definition) is 0. The van der Waals surface area contributed by atoms with Gasteiger partial charge in [0.1, 0.15) is 0 Å². The summed E-state index contributed by atoms with van der Waals surface area (Å²) in [5.74, 6) is -0.389. The second-order valence-electron chi connectivity index (χ2n) is 6.50. The number of fused-ring (bicyclic) bond motifs is 1. The fourth-order valence-corrected chi connectivity index (χ4v) is 2.92. The Balaban J connectivity index is 1.60. The number of benzene rings is 2. The van der Waals surface area contributed by atoms with Crippen molar-refractivity contribution in [2.24, 2.45) is 0 Å². The van der Waals surface area contributed by atoms with E-state index in [0.717, 1.165) is 16.9 Å². The lowest BCUT2D eigenvalue weighted by Gasteiger charge is -2.13. The fraction of sp³-hybridized carbons (Fsp3) is 0.261. The van der Waals surface area contributed by atoms with Crippen molar-refractivity contribution in [1.29, 1.82) is 0 Å². The Morgan fingerprint density at radius 1 is 0.967 bits per heavy atom. The summed E-state index contributed by atoms with van der Waals surface area (Å²) in [6, 6.07) is 11.8. The molecule has 1 heterocycles. The molecule has 0 fully saturated rings. The number of nitrogens with zero attached hydrogens (tertiary/aromatic N) is 1. The van der Waals surface area contributed by atoms with Crippen LogP contribution in [0.4, 0.5) is 0 Å². The van der Waals surface area contributed by atoms with E-state index in [1.54, 1.807) is 48.5 Å². The Bertz CT molecular complexity index is 946. The van der Waals surface area contributed by atoms with Gasteiger partial charge in [-0.25, -0.2) is 9.69 Å². The standard InChI is InChI=1S/C23H23NO6/c1-3-13-29-19-11-9-16(14-20(19)28-4-2)10-12-21(25)30-15-24-22(26)17-7-5-6-8-18(17)23(24)27/h5-12,14H,3-4,13,15H2,1-2H3. The molecule has 0 atom stereocenters. The molecule has 0 N–H and O–H groups in total. The van der Waals surface area contributed by atoms with Gasteiger partial charge < -0.3 is 14.2 Å². The first-order chi connectivity index (χ1) is 14.5. The first-order valence-electron chi connectivity index (χ1n) is 9.74. The molecule has 1 aliphatic rings. The highest BCUT2D eigenvalue weighted by Crippen LogP contribution is 2.29. The van der Waals surface area contributed by atoms with Crippen molar-refractivity contribution in [2.75, 3.05) is 19.9 Å². The zero-order chi connectivity index (χ0) is 21.5. The average Bonchev–Trinajstić information content (AvgIpc) is 3.00. The van der Waals surface area contributed by atoms with Crippen LogP contribution in [-0.2, 0) is 9.53 Å². The van der Waals surface area contributed by atoms with Crippen molar-refractivity contribution in [3.63, 3.8) is 0 Å². The molecule has 0 saturated carbocycles. The molecule has 0 saturated heterocycles. The fourth-order valence-electron chi connectivity index (χ4n) is 2.92. The van der Waals surface area contributed by atoms with Crippen molar-refractivity contribution in [1.82, 2.24) is 4.90 Å². The second kappa shape index (κ2) is 9.73. The van der Waals surface area contributed by atoms with Crippen LogP contribution < -0.4 is 9.47 Å². The van der Waals surface area contributed by atoms with E-state index in [0.29, 0.717) is 35.8 Å². The van der Waals surface area contributed by atoms with Crippen LogP contribution in [-0.4, -0.2) is 42.6 Å². The SMILES string of the molecule is CCCOc1ccc(C=CC(=O)OCN2C(=O)c3ccccc3C2=O)cc1OCC. The molecule has 2 aromatic carbocycles. The van der Waals surface area contributed by atoms with Crippen molar-refractivity contribution in [2.45, 2.75) is 20.3 Å². The molecule has 3 rings (SSSR count). The van der Waals surface area contributed by atoms with Crippen molar-refractivity contribution in [3.8, 4) is 11.5 Å². The van der Waals surface area contributed by atoms with Gasteiger partial charge in [-0.15, -0.1) is 0 Å². The molecule has 0 bridgehead atoms. The highest BCUT2D eigenvalue weighted by atomic mass is 16.5. The molecule has 0 radical (unpaired) electrons. The summed E-state index contributed by atoms with van der Waals surface area (Å²) in [4.78, 5) is 37.5. The molecular weight excluding hydrogens is 386 g/mol. The Morgan fingerprint density at radius 3 is 2.30 bits per heavy atom. The van der Waals surface area contributed by atoms with Crippen LogP contribution in [0.5, 0.6) is 11.5 Å². The predicted octanol–water partition coefficient (Wildman–Crippen LogP) is 3.68. The number of hydrogen-bond acceptors (Lipinski definition) is 6. The Labute approximate surface area is 174 Å². The molecule has 7 heteroatoms. The Morgan fingerprint density at radius 2 is 1.67 bits per heavy atom. The number of carbonyl (C=O) groups excluding carboxylic acids is 3. The minimum atomic E-state index is -0.671. The van der Waals surface area contributed by atoms with Crippen LogP contribution in [0.15, 0.2) is 48.5 Å². The van der Waals surface area contributed by atoms with E-state index in [1.807, 2.05) is 13.8 Å². The molecule has 0 aliphatic carbocycles. The molecule has 156 valence electrons. The van der Waals surface area contributed by atoms with Gasteiger partial charge in [-0.1, -0.05) is 25.1 Å². The summed E-state index contributed by atoms with van der Waals surface area (Å²) in [5, 5.41) is 0. The maximum atomic E-state index is 12.3. The molecule has 2 amide bonds. The lowest BCUT2D eigenvalue weighted by Crippen LogP contribution is -2.32. The lowest BCUT2D eigenvalue weighted by molar-refractivity contribution is -0.140.